The van der Waals surface area contributed by atoms with Gasteiger partial charge in [0.05, 0.1) is 32.7 Å². The zero-order valence-corrected chi connectivity index (χ0v) is 20.2. The zero-order valence-electron chi connectivity index (χ0n) is 19.4. The van der Waals surface area contributed by atoms with Crippen molar-refractivity contribution in [2.45, 2.75) is 6.92 Å². The monoisotopic (exact) mass is 499 g/mol. The summed E-state index contributed by atoms with van der Waals surface area (Å²) in [6.45, 7) is 1.32. The summed E-state index contributed by atoms with van der Waals surface area (Å²) >= 11 is 1.17. The van der Waals surface area contributed by atoms with Gasteiger partial charge in [0, 0.05) is 23.2 Å². The number of halogens is 1. The SMILES string of the molecule is COc1cc(NC(=O)COC(=O)c2cc3c(C)nn(-c4ccc(F)cc4)c3s2)cc(OC)c1OC. The number of aryl methyl sites for hydroxylation is 1. The minimum Gasteiger partial charge on any atom is -0.493 e. The van der Waals surface area contributed by atoms with Crippen molar-refractivity contribution in [3.63, 3.8) is 0 Å². The third-order valence-corrected chi connectivity index (χ3v) is 6.19. The number of hydrogen-bond acceptors (Lipinski definition) is 8. The maximum Gasteiger partial charge on any atom is 0.348 e. The number of nitrogens with one attached hydrogen (secondary N) is 1. The molecular weight excluding hydrogens is 477 g/mol. The first-order valence-electron chi connectivity index (χ1n) is 10.4. The van der Waals surface area contributed by atoms with Gasteiger partial charge in [0.25, 0.3) is 5.91 Å². The summed E-state index contributed by atoms with van der Waals surface area (Å²) in [6.07, 6.45) is 0. The molecule has 0 aliphatic carbocycles. The van der Waals surface area contributed by atoms with E-state index in [2.05, 4.69) is 10.4 Å². The van der Waals surface area contributed by atoms with Crippen molar-refractivity contribution in [2.24, 2.45) is 0 Å². The van der Waals surface area contributed by atoms with E-state index in [1.807, 2.05) is 6.92 Å². The van der Waals surface area contributed by atoms with Crippen LogP contribution in [0.4, 0.5) is 10.1 Å². The van der Waals surface area contributed by atoms with E-state index in [4.69, 9.17) is 18.9 Å². The fourth-order valence-electron chi connectivity index (χ4n) is 3.46. The van der Waals surface area contributed by atoms with Crippen LogP contribution in [0.5, 0.6) is 17.2 Å². The summed E-state index contributed by atoms with van der Waals surface area (Å²) in [6, 6.07) is 10.7. The van der Waals surface area contributed by atoms with Crippen LogP contribution < -0.4 is 19.5 Å². The molecule has 11 heteroatoms. The first-order valence-corrected chi connectivity index (χ1v) is 11.2. The fourth-order valence-corrected chi connectivity index (χ4v) is 4.53. The molecule has 182 valence electrons. The molecule has 0 saturated carbocycles. The minimum atomic E-state index is -0.642. The lowest BCUT2D eigenvalue weighted by Gasteiger charge is -2.14. The summed E-state index contributed by atoms with van der Waals surface area (Å²) < 4.78 is 35.9. The fraction of sp³-hybridized carbons (Fsp3) is 0.208. The highest BCUT2D eigenvalue weighted by Gasteiger charge is 2.20. The quantitative estimate of drug-likeness (QED) is 0.360. The predicted molar refractivity (Wildman–Crippen MR) is 129 cm³/mol. The number of fused-ring (bicyclic) bond motifs is 1. The molecule has 1 amide bonds. The Morgan fingerprint density at radius 1 is 1.03 bits per heavy atom. The number of carbonyl (C=O) groups excluding carboxylic acids is 2. The number of amides is 1. The van der Waals surface area contributed by atoms with Crippen LogP contribution in [0, 0.1) is 12.7 Å². The van der Waals surface area contributed by atoms with Crippen molar-refractivity contribution in [1.29, 1.82) is 0 Å². The number of esters is 1. The molecule has 0 atom stereocenters. The van der Waals surface area contributed by atoms with E-state index in [-0.39, 0.29) is 5.82 Å². The molecule has 4 rings (SSSR count). The highest BCUT2D eigenvalue weighted by molar-refractivity contribution is 7.20. The van der Waals surface area contributed by atoms with Crippen molar-refractivity contribution in [3.8, 4) is 22.9 Å². The molecular formula is C24H22FN3O6S. The van der Waals surface area contributed by atoms with Gasteiger partial charge in [-0.25, -0.2) is 13.9 Å². The number of nitrogens with zero attached hydrogens (tertiary/aromatic N) is 2. The number of rotatable bonds is 8. The van der Waals surface area contributed by atoms with E-state index in [0.29, 0.717) is 44.0 Å². The molecule has 0 saturated heterocycles. The van der Waals surface area contributed by atoms with Gasteiger partial charge < -0.3 is 24.3 Å². The second-order valence-corrected chi connectivity index (χ2v) is 8.37. The number of thiophene rings is 1. The number of ether oxygens (including phenoxy) is 4. The Morgan fingerprint density at radius 3 is 2.29 bits per heavy atom. The minimum absolute atomic E-state index is 0.317. The molecule has 0 fully saturated rings. The number of carbonyl (C=O) groups is 2. The van der Waals surface area contributed by atoms with Crippen LogP contribution in [0.3, 0.4) is 0 Å². The summed E-state index contributed by atoms with van der Waals surface area (Å²) in [5, 5.41) is 7.88. The average Bonchev–Trinajstić information content (AvgIpc) is 3.43. The van der Waals surface area contributed by atoms with Gasteiger partial charge in [-0.3, -0.25) is 4.79 Å². The molecule has 9 nitrogen and oxygen atoms in total. The molecule has 0 unspecified atom stereocenters. The Kier molecular flexibility index (Phi) is 6.87. The Labute approximate surface area is 204 Å². The lowest BCUT2D eigenvalue weighted by molar-refractivity contribution is -0.119. The Balaban J connectivity index is 1.46. The van der Waals surface area contributed by atoms with Gasteiger partial charge in [-0.15, -0.1) is 11.3 Å². The predicted octanol–water partition coefficient (Wildman–Crippen LogP) is 4.36. The average molecular weight is 500 g/mol. The lowest BCUT2D eigenvalue weighted by atomic mass is 10.2. The number of benzene rings is 2. The van der Waals surface area contributed by atoms with Gasteiger partial charge in [-0.1, -0.05) is 0 Å². The van der Waals surface area contributed by atoms with E-state index in [1.165, 1.54) is 44.8 Å². The summed E-state index contributed by atoms with van der Waals surface area (Å²) in [5.74, 6) is -0.406. The van der Waals surface area contributed by atoms with E-state index in [0.717, 1.165) is 5.39 Å². The first-order chi connectivity index (χ1) is 16.8. The van der Waals surface area contributed by atoms with E-state index in [1.54, 1.807) is 35.0 Å². The number of anilines is 1. The van der Waals surface area contributed by atoms with Crippen LogP contribution in [-0.2, 0) is 9.53 Å². The molecule has 2 heterocycles. The van der Waals surface area contributed by atoms with Gasteiger partial charge in [0.15, 0.2) is 18.1 Å². The molecule has 0 aliphatic heterocycles. The van der Waals surface area contributed by atoms with E-state index < -0.39 is 18.5 Å². The third-order valence-electron chi connectivity index (χ3n) is 5.10. The van der Waals surface area contributed by atoms with Crippen LogP contribution in [-0.4, -0.2) is 49.6 Å². The molecule has 0 aliphatic rings. The van der Waals surface area contributed by atoms with Crippen LogP contribution in [0.25, 0.3) is 15.9 Å². The van der Waals surface area contributed by atoms with E-state index >= 15 is 0 Å². The largest absolute Gasteiger partial charge is 0.493 e. The molecule has 0 spiro atoms. The number of methoxy groups -OCH3 is 3. The van der Waals surface area contributed by atoms with Gasteiger partial charge >= 0.3 is 5.97 Å². The van der Waals surface area contributed by atoms with Gasteiger partial charge in [0.1, 0.15) is 15.5 Å². The van der Waals surface area contributed by atoms with Gasteiger partial charge in [-0.2, -0.15) is 5.10 Å². The molecule has 2 aromatic heterocycles. The highest BCUT2D eigenvalue weighted by Crippen LogP contribution is 2.40. The standard InChI is InChI=1S/C24H22FN3O6S/c1-13-17-11-20(35-23(17)28(27-13)16-7-5-14(25)6-8-16)24(30)34-12-21(29)26-15-9-18(31-2)22(33-4)19(10-15)32-3/h5-11H,12H2,1-4H3,(H,26,29). The van der Waals surface area contributed by atoms with Crippen LogP contribution in [0.2, 0.25) is 0 Å². The number of hydrogen-bond donors (Lipinski definition) is 1. The Bertz CT molecular complexity index is 1370. The lowest BCUT2D eigenvalue weighted by Crippen LogP contribution is -2.20. The second kappa shape index (κ2) is 10.0. The summed E-state index contributed by atoms with van der Waals surface area (Å²) in [7, 11) is 4.41. The van der Waals surface area contributed by atoms with Crippen LogP contribution >= 0.6 is 11.3 Å². The smallest absolute Gasteiger partial charge is 0.348 e. The van der Waals surface area contributed by atoms with Gasteiger partial charge in [-0.05, 0) is 37.3 Å². The Morgan fingerprint density at radius 2 is 1.69 bits per heavy atom. The zero-order chi connectivity index (χ0) is 25.1. The molecule has 35 heavy (non-hydrogen) atoms. The van der Waals surface area contributed by atoms with Crippen molar-refractivity contribution in [2.75, 3.05) is 33.3 Å². The van der Waals surface area contributed by atoms with Crippen molar-refractivity contribution < 1.29 is 32.9 Å². The molecule has 1 N–H and O–H groups in total. The highest BCUT2D eigenvalue weighted by atomic mass is 32.1. The maximum atomic E-state index is 13.3. The van der Waals surface area contributed by atoms with Crippen LogP contribution in [0.15, 0.2) is 42.5 Å². The second-order valence-electron chi connectivity index (χ2n) is 7.34. The normalized spacial score (nSPS) is 10.8. The van der Waals surface area contributed by atoms with Gasteiger partial charge in [0.2, 0.25) is 5.75 Å². The maximum absolute atomic E-state index is 13.3. The van der Waals surface area contributed by atoms with Crippen molar-refractivity contribution in [3.05, 3.63) is 58.9 Å². The summed E-state index contributed by atoms with van der Waals surface area (Å²) in [5.41, 5.74) is 1.76. The molecule has 2 aromatic carbocycles. The Hall–Kier alpha value is -4.12. The molecule has 0 radical (unpaired) electrons. The van der Waals surface area contributed by atoms with Crippen molar-refractivity contribution in [1.82, 2.24) is 9.78 Å². The van der Waals surface area contributed by atoms with E-state index in [9.17, 15) is 14.0 Å². The first kappa shape index (κ1) is 24.0. The van der Waals surface area contributed by atoms with Crippen LogP contribution in [0.1, 0.15) is 15.4 Å². The molecule has 4 aromatic rings. The summed E-state index contributed by atoms with van der Waals surface area (Å²) in [4.78, 5) is 26.1. The number of aromatic nitrogens is 2. The molecule has 0 bridgehead atoms. The third kappa shape index (κ3) is 4.90. The topological polar surface area (TPSA) is 101 Å². The van der Waals surface area contributed by atoms with Crippen molar-refractivity contribution >= 4 is 39.1 Å².